The number of ether oxygens (including phenoxy) is 1. The number of benzene rings is 2. The number of nitrogens with one attached hydrogen (secondary N) is 1. The van der Waals surface area contributed by atoms with Gasteiger partial charge >= 0.3 is 0 Å². The van der Waals surface area contributed by atoms with Crippen LogP contribution in [-0.4, -0.2) is 19.1 Å². The Morgan fingerprint density at radius 3 is 2.64 bits per heavy atom. The zero-order valence-electron chi connectivity index (χ0n) is 19.4. The summed E-state index contributed by atoms with van der Waals surface area (Å²) >= 11 is 12.6. The summed E-state index contributed by atoms with van der Waals surface area (Å²) in [4.78, 5) is 12.8. The highest BCUT2D eigenvalue weighted by molar-refractivity contribution is 6.36. The van der Waals surface area contributed by atoms with Crippen molar-refractivity contribution in [1.82, 2.24) is 5.32 Å². The minimum absolute atomic E-state index is 0.0702. The molecule has 33 heavy (non-hydrogen) atoms. The topological polar surface area (TPSA) is 51.5 Å². The van der Waals surface area contributed by atoms with Crippen LogP contribution in [0.5, 0.6) is 5.75 Å². The maximum Gasteiger partial charge on any atom is 0.244 e. The Bertz CT molecular complexity index is 1230. The van der Waals surface area contributed by atoms with Gasteiger partial charge in [-0.2, -0.15) is 0 Å². The molecule has 1 heterocycles. The molecule has 0 saturated heterocycles. The summed E-state index contributed by atoms with van der Waals surface area (Å²) in [6.07, 6.45) is 7.97. The number of fused-ring (bicyclic) bond motifs is 1. The molecule has 4 rings (SSSR count). The molecular weight excluding hydrogens is 457 g/mol. The van der Waals surface area contributed by atoms with Gasteiger partial charge in [-0.15, -0.1) is 0 Å². The maximum atomic E-state index is 12.8. The molecule has 0 bridgehead atoms. The first-order valence-electron chi connectivity index (χ1n) is 11.3. The van der Waals surface area contributed by atoms with Crippen molar-refractivity contribution in [3.63, 3.8) is 0 Å². The van der Waals surface area contributed by atoms with Crippen LogP contribution in [0.25, 0.3) is 27.7 Å². The summed E-state index contributed by atoms with van der Waals surface area (Å²) in [6.45, 7) is 6.10. The van der Waals surface area contributed by atoms with E-state index < -0.39 is 0 Å². The van der Waals surface area contributed by atoms with Crippen LogP contribution < -0.4 is 10.1 Å². The van der Waals surface area contributed by atoms with Gasteiger partial charge in [-0.25, -0.2) is 0 Å². The number of rotatable bonds is 5. The molecule has 0 aliphatic heterocycles. The zero-order valence-corrected chi connectivity index (χ0v) is 20.9. The van der Waals surface area contributed by atoms with Crippen molar-refractivity contribution in [1.29, 1.82) is 0 Å². The molecule has 3 aromatic rings. The van der Waals surface area contributed by atoms with Crippen LogP contribution in [0.2, 0.25) is 10.0 Å². The monoisotopic (exact) mass is 485 g/mol. The predicted octanol–water partition coefficient (Wildman–Crippen LogP) is 7.82. The first-order chi connectivity index (χ1) is 15.8. The van der Waals surface area contributed by atoms with Crippen LogP contribution in [-0.2, 0) is 4.79 Å². The molecule has 2 aromatic carbocycles. The quantitative estimate of drug-likeness (QED) is 0.374. The Morgan fingerprint density at radius 1 is 1.18 bits per heavy atom. The van der Waals surface area contributed by atoms with Crippen molar-refractivity contribution in [2.75, 3.05) is 7.11 Å². The predicted molar refractivity (Wildman–Crippen MR) is 136 cm³/mol. The molecule has 0 spiro atoms. The summed E-state index contributed by atoms with van der Waals surface area (Å²) in [5.41, 5.74) is 4.97. The van der Waals surface area contributed by atoms with E-state index in [-0.39, 0.29) is 11.9 Å². The number of amides is 1. The van der Waals surface area contributed by atoms with Gasteiger partial charge in [-0.05, 0) is 56.4 Å². The Balaban J connectivity index is 1.74. The Morgan fingerprint density at radius 2 is 1.94 bits per heavy atom. The summed E-state index contributed by atoms with van der Waals surface area (Å²) < 4.78 is 11.7. The van der Waals surface area contributed by atoms with Gasteiger partial charge in [-0.3, -0.25) is 4.79 Å². The molecule has 1 N–H and O–H groups in total. The first kappa shape index (κ1) is 23.7. The van der Waals surface area contributed by atoms with Crippen LogP contribution >= 0.6 is 23.2 Å². The van der Waals surface area contributed by atoms with E-state index in [1.165, 1.54) is 6.42 Å². The summed E-state index contributed by atoms with van der Waals surface area (Å²) in [5.74, 6) is 1.12. The SMILES string of the molecule is COc1c(/C(C)=C/C(=O)NC2CCCCC2C)cc2c(-c3ccc(Cl)cc3Cl)coc2c1C. The second-order valence-corrected chi connectivity index (χ2v) is 9.78. The zero-order chi connectivity index (χ0) is 23.7. The third-order valence-corrected chi connectivity index (χ3v) is 7.23. The molecule has 1 aliphatic carbocycles. The van der Waals surface area contributed by atoms with Gasteiger partial charge in [0.15, 0.2) is 0 Å². The van der Waals surface area contributed by atoms with Gasteiger partial charge in [0.1, 0.15) is 11.3 Å². The van der Waals surface area contributed by atoms with E-state index in [1.807, 2.05) is 26.0 Å². The van der Waals surface area contributed by atoms with Gasteiger partial charge in [0.05, 0.1) is 18.4 Å². The van der Waals surface area contributed by atoms with Crippen LogP contribution in [0.4, 0.5) is 0 Å². The molecule has 6 heteroatoms. The van der Waals surface area contributed by atoms with Crippen molar-refractivity contribution >= 4 is 45.7 Å². The number of furan rings is 1. The van der Waals surface area contributed by atoms with Crippen molar-refractivity contribution < 1.29 is 13.9 Å². The lowest BCUT2D eigenvalue weighted by Crippen LogP contribution is -2.40. The third kappa shape index (κ3) is 4.78. The Hall–Kier alpha value is -2.43. The summed E-state index contributed by atoms with van der Waals surface area (Å²) in [6, 6.07) is 7.65. The molecule has 1 fully saturated rings. The first-order valence-corrected chi connectivity index (χ1v) is 12.1. The highest BCUT2D eigenvalue weighted by Gasteiger charge is 2.23. The van der Waals surface area contributed by atoms with E-state index in [0.717, 1.165) is 58.1 Å². The highest BCUT2D eigenvalue weighted by Crippen LogP contribution is 2.42. The number of methoxy groups -OCH3 is 1. The normalized spacial score (nSPS) is 19.0. The second-order valence-electron chi connectivity index (χ2n) is 8.94. The van der Waals surface area contributed by atoms with Gasteiger partial charge in [0.2, 0.25) is 5.91 Å². The number of allylic oxidation sites excluding steroid dienone is 1. The van der Waals surface area contributed by atoms with Crippen LogP contribution in [0.15, 0.2) is 41.0 Å². The average molecular weight is 486 g/mol. The molecule has 1 saturated carbocycles. The lowest BCUT2D eigenvalue weighted by molar-refractivity contribution is -0.117. The van der Waals surface area contributed by atoms with Crippen molar-refractivity contribution in [3.05, 3.63) is 57.8 Å². The standard InChI is InChI=1S/C27H29Cl2NO3/c1-15-7-5-6-8-24(15)30-25(31)11-16(2)20-13-21-22(19-10-9-18(28)12-23(19)29)14-33-27(21)17(3)26(20)32-4/h9-15,24H,5-8H2,1-4H3,(H,30,31)/b16-11+. The minimum Gasteiger partial charge on any atom is -0.496 e. The smallest absolute Gasteiger partial charge is 0.244 e. The molecular formula is C27H29Cl2NO3. The Labute approximate surface area is 204 Å². The van der Waals surface area contributed by atoms with E-state index >= 15 is 0 Å². The van der Waals surface area contributed by atoms with E-state index in [1.54, 1.807) is 31.6 Å². The van der Waals surface area contributed by atoms with E-state index in [4.69, 9.17) is 32.4 Å². The van der Waals surface area contributed by atoms with Crippen molar-refractivity contribution in [2.24, 2.45) is 5.92 Å². The fraction of sp³-hybridized carbons (Fsp3) is 0.370. The molecule has 1 aliphatic rings. The van der Waals surface area contributed by atoms with E-state index in [0.29, 0.717) is 21.7 Å². The molecule has 1 amide bonds. The molecule has 4 nitrogen and oxygen atoms in total. The molecule has 0 radical (unpaired) electrons. The van der Waals surface area contributed by atoms with Gasteiger partial charge in [-0.1, -0.05) is 49.0 Å². The number of aryl methyl sites for hydroxylation is 1. The number of halogens is 2. The number of carbonyl (C=O) groups excluding carboxylic acids is 1. The third-order valence-electron chi connectivity index (χ3n) is 6.68. The maximum absolute atomic E-state index is 12.8. The average Bonchev–Trinajstić information content (AvgIpc) is 3.19. The van der Waals surface area contributed by atoms with Crippen LogP contribution in [0, 0.1) is 12.8 Å². The number of hydrogen-bond acceptors (Lipinski definition) is 3. The fourth-order valence-electron chi connectivity index (χ4n) is 4.82. The van der Waals surface area contributed by atoms with Crippen molar-refractivity contribution in [2.45, 2.75) is 52.5 Å². The largest absolute Gasteiger partial charge is 0.496 e. The lowest BCUT2D eigenvalue weighted by Gasteiger charge is -2.29. The van der Waals surface area contributed by atoms with Crippen LogP contribution in [0.3, 0.4) is 0 Å². The van der Waals surface area contributed by atoms with E-state index in [2.05, 4.69) is 12.2 Å². The molecule has 2 unspecified atom stereocenters. The van der Waals surface area contributed by atoms with Gasteiger partial charge in [0, 0.05) is 44.8 Å². The second kappa shape index (κ2) is 9.82. The number of carbonyl (C=O) groups is 1. The lowest BCUT2D eigenvalue weighted by atomic mass is 9.86. The summed E-state index contributed by atoms with van der Waals surface area (Å²) in [7, 11) is 1.63. The highest BCUT2D eigenvalue weighted by atomic mass is 35.5. The number of hydrogen-bond donors (Lipinski definition) is 1. The summed E-state index contributed by atoms with van der Waals surface area (Å²) in [5, 5.41) is 5.23. The van der Waals surface area contributed by atoms with Crippen LogP contribution in [0.1, 0.15) is 50.7 Å². The molecule has 174 valence electrons. The van der Waals surface area contributed by atoms with Gasteiger partial charge < -0.3 is 14.5 Å². The van der Waals surface area contributed by atoms with Gasteiger partial charge in [0.25, 0.3) is 0 Å². The van der Waals surface area contributed by atoms with E-state index in [9.17, 15) is 4.79 Å². The van der Waals surface area contributed by atoms with Crippen molar-refractivity contribution in [3.8, 4) is 16.9 Å². The Kier molecular flexibility index (Phi) is 7.06. The molecule has 1 aromatic heterocycles. The minimum atomic E-state index is -0.0702. The fourth-order valence-corrected chi connectivity index (χ4v) is 5.33. The molecule has 2 atom stereocenters.